The topological polar surface area (TPSA) is 115 Å². The molecule has 2 heterocycles. The van der Waals surface area contributed by atoms with Crippen molar-refractivity contribution in [2.45, 2.75) is 26.1 Å². The first-order valence-electron chi connectivity index (χ1n) is 9.27. The van der Waals surface area contributed by atoms with Crippen molar-refractivity contribution in [2.75, 3.05) is 11.9 Å². The molecule has 0 radical (unpaired) electrons. The van der Waals surface area contributed by atoms with Gasteiger partial charge in [0, 0.05) is 31.1 Å². The smallest absolute Gasteiger partial charge is 0.387 e. The molecule has 0 aliphatic carbocycles. The number of rotatable bonds is 7. The fourth-order valence-electron chi connectivity index (χ4n) is 2.90. The van der Waals surface area contributed by atoms with Gasteiger partial charge >= 0.3 is 12.3 Å². The highest BCUT2D eigenvalue weighted by Gasteiger charge is 2.28. The summed E-state index contributed by atoms with van der Waals surface area (Å²) >= 11 is 2.97. The Morgan fingerprint density at radius 2 is 1.85 bits per heavy atom. The van der Waals surface area contributed by atoms with Crippen molar-refractivity contribution in [1.82, 2.24) is 15.0 Å². The molecule has 9 nitrogen and oxygen atoms in total. The number of aliphatic hydroxyl groups is 1. The van der Waals surface area contributed by atoms with Crippen LogP contribution >= 0.6 is 15.9 Å². The predicted molar refractivity (Wildman–Crippen MR) is 116 cm³/mol. The minimum Gasteiger partial charge on any atom is -0.432 e. The fraction of sp³-hybridized carbons (Fsp3) is 0.250. The van der Waals surface area contributed by atoms with Crippen molar-refractivity contribution in [1.29, 1.82) is 0 Å². The van der Waals surface area contributed by atoms with Gasteiger partial charge in [-0.3, -0.25) is 10.1 Å². The molecule has 0 aliphatic rings. The number of benzene rings is 1. The molecule has 3 rings (SSSR count). The van der Waals surface area contributed by atoms with Crippen LogP contribution in [0.25, 0.3) is 11.3 Å². The molecule has 2 aromatic heterocycles. The van der Waals surface area contributed by atoms with E-state index in [1.54, 1.807) is 0 Å². The molecule has 3 aromatic rings. The van der Waals surface area contributed by atoms with Crippen molar-refractivity contribution < 1.29 is 27.9 Å². The highest BCUT2D eigenvalue weighted by atomic mass is 79.9. The number of hydrogen-bond donors (Lipinski definition) is 1. The van der Waals surface area contributed by atoms with Crippen LogP contribution in [0.4, 0.5) is 30.4 Å². The first kappa shape index (κ1) is 24.3. The average Bonchev–Trinajstić information content (AvgIpc) is 2.75. The lowest BCUT2D eigenvalue weighted by Crippen LogP contribution is -2.19. The number of alkyl halides is 2. The van der Waals surface area contributed by atoms with E-state index in [2.05, 4.69) is 35.6 Å². The molecule has 0 amide bonds. The maximum atomic E-state index is 14.9. The van der Waals surface area contributed by atoms with Crippen LogP contribution in [0.2, 0.25) is 0 Å². The molecular formula is C20H17BrF3N5O4. The predicted octanol–water partition coefficient (Wildman–Crippen LogP) is 4.95. The normalized spacial score (nSPS) is 11.5. The lowest BCUT2D eigenvalue weighted by Gasteiger charge is -2.23. The van der Waals surface area contributed by atoms with E-state index >= 15 is 0 Å². The third-order valence-corrected chi connectivity index (χ3v) is 5.06. The summed E-state index contributed by atoms with van der Waals surface area (Å²) in [6, 6.07) is 4.75. The van der Waals surface area contributed by atoms with E-state index in [-0.39, 0.29) is 21.8 Å². The van der Waals surface area contributed by atoms with Crippen molar-refractivity contribution in [3.8, 4) is 17.0 Å². The van der Waals surface area contributed by atoms with Crippen LogP contribution in [0.1, 0.15) is 19.7 Å². The highest BCUT2D eigenvalue weighted by molar-refractivity contribution is 9.10. The molecule has 0 fully saturated rings. The molecule has 33 heavy (non-hydrogen) atoms. The van der Waals surface area contributed by atoms with E-state index in [1.165, 1.54) is 45.4 Å². The van der Waals surface area contributed by atoms with Crippen molar-refractivity contribution >= 4 is 33.1 Å². The Morgan fingerprint density at radius 1 is 1.21 bits per heavy atom. The maximum absolute atomic E-state index is 14.9. The summed E-state index contributed by atoms with van der Waals surface area (Å²) in [6.45, 7) is -0.242. The largest absolute Gasteiger partial charge is 0.432 e. The minimum absolute atomic E-state index is 0.0691. The van der Waals surface area contributed by atoms with E-state index in [9.17, 15) is 28.4 Å². The van der Waals surface area contributed by atoms with Gasteiger partial charge in [0.1, 0.15) is 11.3 Å². The van der Waals surface area contributed by atoms with E-state index in [0.717, 1.165) is 17.0 Å². The van der Waals surface area contributed by atoms with Crippen molar-refractivity contribution in [3.63, 3.8) is 0 Å². The number of nitrogens with zero attached hydrogens (tertiary/aromatic N) is 5. The van der Waals surface area contributed by atoms with Crippen molar-refractivity contribution in [3.05, 3.63) is 62.9 Å². The molecule has 0 atom stereocenters. The third kappa shape index (κ3) is 5.20. The highest BCUT2D eigenvalue weighted by Crippen LogP contribution is 2.41. The number of halogens is 4. The molecule has 174 valence electrons. The third-order valence-electron chi connectivity index (χ3n) is 4.45. The van der Waals surface area contributed by atoms with E-state index in [1.807, 2.05) is 0 Å². The Bertz CT molecular complexity index is 1190. The Balaban J connectivity index is 2.15. The van der Waals surface area contributed by atoms with Gasteiger partial charge in [-0.1, -0.05) is 0 Å². The van der Waals surface area contributed by atoms with Crippen LogP contribution in [0.5, 0.6) is 5.75 Å². The van der Waals surface area contributed by atoms with Crippen LogP contribution in [0, 0.1) is 15.9 Å². The lowest BCUT2D eigenvalue weighted by atomic mass is 10.1. The van der Waals surface area contributed by atoms with Crippen LogP contribution in [-0.2, 0) is 5.60 Å². The molecular weight excluding hydrogens is 511 g/mol. The first-order chi connectivity index (χ1) is 15.4. The molecule has 1 aromatic carbocycles. The number of pyridine rings is 1. The zero-order valence-corrected chi connectivity index (χ0v) is 19.0. The quantitative estimate of drug-likeness (QED) is 0.339. The number of hydrogen-bond acceptors (Lipinski definition) is 8. The second-order valence-electron chi connectivity index (χ2n) is 7.30. The minimum atomic E-state index is -3.25. The van der Waals surface area contributed by atoms with Gasteiger partial charge < -0.3 is 14.7 Å². The number of ether oxygens (including phenoxy) is 1. The lowest BCUT2D eigenvalue weighted by molar-refractivity contribution is -0.384. The van der Waals surface area contributed by atoms with E-state index < -0.39 is 40.1 Å². The van der Waals surface area contributed by atoms with Gasteiger partial charge in [0.2, 0.25) is 5.82 Å². The summed E-state index contributed by atoms with van der Waals surface area (Å²) in [5.74, 6) is -1.70. The first-order valence-corrected chi connectivity index (χ1v) is 10.1. The average molecular weight is 528 g/mol. The zero-order valence-electron chi connectivity index (χ0n) is 17.5. The summed E-state index contributed by atoms with van der Waals surface area (Å²) in [4.78, 5) is 24.2. The molecule has 0 aliphatic heterocycles. The number of aromatic nitrogens is 3. The summed E-state index contributed by atoms with van der Waals surface area (Å²) in [6.07, 6.45) is 2.73. The Morgan fingerprint density at radius 3 is 2.39 bits per heavy atom. The van der Waals surface area contributed by atoms with Gasteiger partial charge in [-0.15, -0.1) is 0 Å². The van der Waals surface area contributed by atoms with Gasteiger partial charge in [0.25, 0.3) is 0 Å². The molecule has 0 bridgehead atoms. The van der Waals surface area contributed by atoms with Gasteiger partial charge in [0.05, 0.1) is 15.1 Å². The van der Waals surface area contributed by atoms with Crippen LogP contribution < -0.4 is 9.64 Å². The molecule has 0 saturated heterocycles. The summed E-state index contributed by atoms with van der Waals surface area (Å²) in [7, 11) is 1.23. The Kier molecular flexibility index (Phi) is 6.84. The standard InChI is InChI=1S/C20H17BrF3N5O4/c1-20(2,30)18-25-8-10(9-26-18)12-5-6-13(29(31)32)17(27-12)28(3)16-14(33-19(23)24)7-4-11(21)15(16)22/h4-9,19,30H,1-3H3. The molecule has 0 unspecified atom stereocenters. The summed E-state index contributed by atoms with van der Waals surface area (Å²) in [5, 5.41) is 21.6. The van der Waals surface area contributed by atoms with Crippen LogP contribution in [0.3, 0.4) is 0 Å². The van der Waals surface area contributed by atoms with Gasteiger partial charge in [-0.2, -0.15) is 8.78 Å². The fourth-order valence-corrected chi connectivity index (χ4v) is 3.22. The van der Waals surface area contributed by atoms with Gasteiger partial charge in [-0.25, -0.2) is 19.3 Å². The van der Waals surface area contributed by atoms with Crippen LogP contribution in [0.15, 0.2) is 41.1 Å². The molecule has 13 heteroatoms. The Labute approximate surface area is 194 Å². The molecule has 0 saturated carbocycles. The zero-order chi connectivity index (χ0) is 24.5. The number of anilines is 2. The Hall–Kier alpha value is -3.32. The van der Waals surface area contributed by atoms with E-state index in [4.69, 9.17) is 0 Å². The summed E-state index contributed by atoms with van der Waals surface area (Å²) in [5.41, 5.74) is -1.72. The van der Waals surface area contributed by atoms with E-state index in [0.29, 0.717) is 5.56 Å². The van der Waals surface area contributed by atoms with Gasteiger partial charge in [-0.05, 0) is 48.0 Å². The monoisotopic (exact) mass is 527 g/mol. The second-order valence-corrected chi connectivity index (χ2v) is 8.15. The SMILES string of the molecule is CN(c1nc(-c2cnc(C(C)(C)O)nc2)ccc1[N+](=O)[O-])c1c(OC(F)F)ccc(Br)c1F. The number of nitro groups is 1. The molecule has 0 spiro atoms. The molecule has 1 N–H and O–H groups in total. The second kappa shape index (κ2) is 9.27. The van der Waals surface area contributed by atoms with Crippen LogP contribution in [-0.4, -0.2) is 38.6 Å². The van der Waals surface area contributed by atoms with Gasteiger partial charge in [0.15, 0.2) is 17.4 Å². The van der Waals surface area contributed by atoms with Crippen molar-refractivity contribution in [2.24, 2.45) is 0 Å². The summed E-state index contributed by atoms with van der Waals surface area (Å²) < 4.78 is 45.0. The maximum Gasteiger partial charge on any atom is 0.387 e.